The van der Waals surface area contributed by atoms with Crippen molar-refractivity contribution in [1.82, 2.24) is 4.90 Å². The third-order valence-corrected chi connectivity index (χ3v) is 4.15. The molecule has 4 heteroatoms. The van der Waals surface area contributed by atoms with E-state index in [1.165, 1.54) is 6.42 Å². The molecular weight excluding hydrogens is 256 g/mol. The van der Waals surface area contributed by atoms with Gasteiger partial charge in [0, 0.05) is 38.4 Å². The van der Waals surface area contributed by atoms with E-state index in [1.54, 1.807) is 0 Å². The van der Waals surface area contributed by atoms with Crippen LogP contribution in [0.15, 0.2) is 5.16 Å². The van der Waals surface area contributed by atoms with E-state index in [-0.39, 0.29) is 5.60 Å². The van der Waals surface area contributed by atoms with E-state index < -0.39 is 0 Å². The van der Waals surface area contributed by atoms with E-state index in [2.05, 4.69) is 39.8 Å². The van der Waals surface area contributed by atoms with Crippen LogP contribution in [-0.2, 0) is 4.84 Å². The number of oxime groups is 1. The van der Waals surface area contributed by atoms with Gasteiger partial charge >= 0.3 is 0 Å². The summed E-state index contributed by atoms with van der Waals surface area (Å²) in [7, 11) is 0. The van der Waals surface area contributed by atoms with Crippen molar-refractivity contribution in [2.75, 3.05) is 13.1 Å². The average molecular weight is 275 g/mol. The van der Waals surface area contributed by atoms with Gasteiger partial charge in [0.1, 0.15) is 10.2 Å². The lowest BCUT2D eigenvalue weighted by molar-refractivity contribution is -0.0668. The third-order valence-electron chi connectivity index (χ3n) is 3.73. The monoisotopic (exact) mass is 274 g/mol. The summed E-state index contributed by atoms with van der Waals surface area (Å²) in [5.41, 5.74) is 0.0167. The minimum absolute atomic E-state index is 0.0167. The van der Waals surface area contributed by atoms with Crippen molar-refractivity contribution >= 4 is 20.6 Å². The van der Waals surface area contributed by atoms with Crippen molar-refractivity contribution in [1.29, 1.82) is 0 Å². The van der Waals surface area contributed by atoms with Gasteiger partial charge in [0.15, 0.2) is 0 Å². The van der Waals surface area contributed by atoms with Gasteiger partial charge in [-0.05, 0) is 29.3 Å². The van der Waals surface area contributed by atoms with Gasteiger partial charge in [-0.3, -0.25) is 0 Å². The Morgan fingerprint density at radius 3 is 2.67 bits per heavy atom. The standard InChI is InChI=1S/C11H19BrN2O/c1-3-9(2)14-6-4-11(5-7-14)8-10(12)13-15-11/h9H,3-8H2,1-2H3. The van der Waals surface area contributed by atoms with Crippen LogP contribution in [0.25, 0.3) is 0 Å². The van der Waals surface area contributed by atoms with Gasteiger partial charge in [-0.2, -0.15) is 0 Å². The first-order valence-electron chi connectivity index (χ1n) is 5.80. The Morgan fingerprint density at radius 1 is 1.53 bits per heavy atom. The van der Waals surface area contributed by atoms with Crippen molar-refractivity contribution < 1.29 is 4.84 Å². The molecule has 0 radical (unpaired) electrons. The van der Waals surface area contributed by atoms with Gasteiger partial charge in [-0.1, -0.05) is 12.1 Å². The lowest BCUT2D eigenvalue weighted by atomic mass is 9.88. The highest BCUT2D eigenvalue weighted by atomic mass is 79.9. The first kappa shape index (κ1) is 11.4. The van der Waals surface area contributed by atoms with Gasteiger partial charge in [0.05, 0.1) is 0 Å². The molecule has 2 heterocycles. The molecule has 15 heavy (non-hydrogen) atoms. The lowest BCUT2D eigenvalue weighted by Crippen LogP contribution is -2.47. The first-order chi connectivity index (χ1) is 7.15. The van der Waals surface area contributed by atoms with Crippen molar-refractivity contribution in [2.24, 2.45) is 5.16 Å². The highest BCUT2D eigenvalue weighted by Gasteiger charge is 2.41. The molecule has 0 aromatic rings. The summed E-state index contributed by atoms with van der Waals surface area (Å²) in [6.07, 6.45) is 4.40. The number of piperidine rings is 1. The summed E-state index contributed by atoms with van der Waals surface area (Å²) in [6.45, 7) is 6.84. The van der Waals surface area contributed by atoms with E-state index in [1.807, 2.05) is 0 Å². The van der Waals surface area contributed by atoms with Crippen LogP contribution in [0.1, 0.15) is 39.5 Å². The van der Waals surface area contributed by atoms with Crippen molar-refractivity contribution in [3.05, 3.63) is 0 Å². The van der Waals surface area contributed by atoms with E-state index in [9.17, 15) is 0 Å². The van der Waals surface area contributed by atoms with Crippen LogP contribution < -0.4 is 0 Å². The molecule has 0 N–H and O–H groups in total. The molecule has 0 aromatic heterocycles. The average Bonchev–Trinajstić information content (AvgIpc) is 2.60. The fourth-order valence-corrected chi connectivity index (χ4v) is 2.96. The quantitative estimate of drug-likeness (QED) is 0.774. The van der Waals surface area contributed by atoms with Crippen LogP contribution in [0.4, 0.5) is 0 Å². The Hall–Kier alpha value is -0.0900. The molecule has 3 nitrogen and oxygen atoms in total. The molecule has 1 atom stereocenters. The lowest BCUT2D eigenvalue weighted by Gasteiger charge is -2.39. The van der Waals surface area contributed by atoms with Crippen LogP contribution >= 0.6 is 15.9 Å². The molecule has 0 aromatic carbocycles. The summed E-state index contributed by atoms with van der Waals surface area (Å²) in [5, 5.41) is 4.02. The van der Waals surface area contributed by atoms with Crippen LogP contribution in [0.2, 0.25) is 0 Å². The second-order valence-electron chi connectivity index (χ2n) is 4.71. The summed E-state index contributed by atoms with van der Waals surface area (Å²) in [6, 6.07) is 0.702. The predicted octanol–water partition coefficient (Wildman–Crippen LogP) is 2.75. The molecule has 0 aliphatic carbocycles. The van der Waals surface area contributed by atoms with Gasteiger partial charge in [-0.15, -0.1) is 0 Å². The van der Waals surface area contributed by atoms with Gasteiger partial charge in [0.2, 0.25) is 0 Å². The van der Waals surface area contributed by atoms with Gasteiger partial charge in [0.25, 0.3) is 0 Å². The van der Waals surface area contributed by atoms with Crippen LogP contribution in [-0.4, -0.2) is 34.3 Å². The van der Waals surface area contributed by atoms with Crippen LogP contribution in [0, 0.1) is 0 Å². The summed E-state index contributed by atoms with van der Waals surface area (Å²) >= 11 is 3.42. The summed E-state index contributed by atoms with van der Waals surface area (Å²) in [4.78, 5) is 8.13. The highest BCUT2D eigenvalue weighted by molar-refractivity contribution is 9.18. The largest absolute Gasteiger partial charge is 0.388 e. The second kappa shape index (κ2) is 4.42. The molecule has 0 amide bonds. The Kier molecular flexibility index (Phi) is 3.36. The smallest absolute Gasteiger partial charge is 0.146 e. The number of halogens is 1. The molecule has 2 rings (SSSR count). The van der Waals surface area contributed by atoms with E-state index in [0.717, 1.165) is 37.0 Å². The molecule has 2 aliphatic rings. The van der Waals surface area contributed by atoms with Gasteiger partial charge < -0.3 is 9.74 Å². The maximum Gasteiger partial charge on any atom is 0.146 e. The van der Waals surface area contributed by atoms with E-state index >= 15 is 0 Å². The molecule has 0 bridgehead atoms. The topological polar surface area (TPSA) is 24.8 Å². The number of rotatable bonds is 2. The van der Waals surface area contributed by atoms with Crippen molar-refractivity contribution in [2.45, 2.75) is 51.2 Å². The third kappa shape index (κ3) is 2.36. The fraction of sp³-hybridized carbons (Fsp3) is 0.909. The van der Waals surface area contributed by atoms with Crippen LogP contribution in [0.5, 0.6) is 0 Å². The highest BCUT2D eigenvalue weighted by Crippen LogP contribution is 2.36. The molecule has 1 spiro atoms. The van der Waals surface area contributed by atoms with E-state index in [0.29, 0.717) is 6.04 Å². The molecule has 2 aliphatic heterocycles. The Morgan fingerprint density at radius 2 is 2.20 bits per heavy atom. The number of likely N-dealkylation sites (tertiary alicyclic amines) is 1. The zero-order chi connectivity index (χ0) is 10.9. The summed E-state index contributed by atoms with van der Waals surface area (Å²) < 4.78 is 0.972. The Labute approximate surface area is 100.0 Å². The van der Waals surface area contributed by atoms with Crippen molar-refractivity contribution in [3.8, 4) is 0 Å². The second-order valence-corrected chi connectivity index (χ2v) is 5.63. The number of hydrogen-bond acceptors (Lipinski definition) is 3. The number of nitrogens with zero attached hydrogens (tertiary/aromatic N) is 2. The molecule has 0 saturated carbocycles. The van der Waals surface area contributed by atoms with Gasteiger partial charge in [-0.25, -0.2) is 0 Å². The predicted molar refractivity (Wildman–Crippen MR) is 65.4 cm³/mol. The zero-order valence-electron chi connectivity index (χ0n) is 9.50. The molecule has 1 saturated heterocycles. The first-order valence-corrected chi connectivity index (χ1v) is 6.59. The maximum atomic E-state index is 5.57. The molecule has 86 valence electrons. The number of hydrogen-bond donors (Lipinski definition) is 0. The molecular formula is C11H19BrN2O. The normalized spacial score (nSPS) is 27.5. The van der Waals surface area contributed by atoms with Crippen LogP contribution in [0.3, 0.4) is 0 Å². The SMILES string of the molecule is CCC(C)N1CCC2(CC1)CC(Br)=NO2. The molecule has 1 unspecified atom stereocenters. The minimum atomic E-state index is 0.0167. The maximum absolute atomic E-state index is 5.57. The zero-order valence-corrected chi connectivity index (χ0v) is 11.1. The van der Waals surface area contributed by atoms with Crippen molar-refractivity contribution in [3.63, 3.8) is 0 Å². The molecule has 1 fully saturated rings. The minimum Gasteiger partial charge on any atom is -0.388 e. The Balaban J connectivity index is 1.87. The Bertz CT molecular complexity index is 259. The van der Waals surface area contributed by atoms with E-state index in [4.69, 9.17) is 4.84 Å². The fourth-order valence-electron chi connectivity index (χ4n) is 2.38. The summed E-state index contributed by atoms with van der Waals surface area (Å²) in [5.74, 6) is 0.